The molecule has 0 aromatic heterocycles. The quantitative estimate of drug-likeness (QED) is 0.349. The van der Waals surface area contributed by atoms with E-state index in [0.29, 0.717) is 11.5 Å². The van der Waals surface area contributed by atoms with E-state index in [-0.39, 0.29) is 28.6 Å². The summed E-state index contributed by atoms with van der Waals surface area (Å²) >= 11 is 0. The van der Waals surface area contributed by atoms with Crippen molar-refractivity contribution in [1.29, 1.82) is 0 Å². The van der Waals surface area contributed by atoms with Gasteiger partial charge >= 0.3 is 5.97 Å². The highest BCUT2D eigenvalue weighted by atomic mass is 16.6. The van der Waals surface area contributed by atoms with Crippen molar-refractivity contribution in [3.63, 3.8) is 0 Å². The number of esters is 1. The maximum absolute atomic E-state index is 14.3. The van der Waals surface area contributed by atoms with Crippen LogP contribution in [0.2, 0.25) is 0 Å². The monoisotopic (exact) mass is 478 g/mol. The first-order chi connectivity index (χ1) is 16.5. The average molecular weight is 479 g/mol. The molecular weight excluding hydrogens is 444 g/mol. The summed E-state index contributed by atoms with van der Waals surface area (Å²) < 4.78 is 5.77. The van der Waals surface area contributed by atoms with E-state index in [9.17, 15) is 24.9 Å². The number of aliphatic hydroxyl groups is 3. The molecule has 4 aliphatic rings. The number of allylic oxidation sites excluding steroid dienone is 1. The fourth-order valence-electron chi connectivity index (χ4n) is 7.48. The van der Waals surface area contributed by atoms with E-state index < -0.39 is 41.7 Å². The summed E-state index contributed by atoms with van der Waals surface area (Å²) in [5.41, 5.74) is -2.03. The Balaban J connectivity index is 1.56. The smallest absolute Gasteiger partial charge is 0.331 e. The largest absolute Gasteiger partial charge is 0.451 e. The number of Topliss-reactive ketones (excluding diaryl/α,β-unsaturated/α-hetero) is 1. The Morgan fingerprint density at radius 1 is 1.23 bits per heavy atom. The highest BCUT2D eigenvalue weighted by Crippen LogP contribution is 2.71. The van der Waals surface area contributed by atoms with Gasteiger partial charge in [-0.1, -0.05) is 63.3 Å². The minimum atomic E-state index is -2.12. The second kappa shape index (κ2) is 7.99. The molecule has 1 spiro atoms. The lowest BCUT2D eigenvalue weighted by Gasteiger charge is -2.48. The van der Waals surface area contributed by atoms with Crippen LogP contribution in [0.15, 0.2) is 59.7 Å². The molecule has 0 aliphatic heterocycles. The molecule has 2 fully saturated rings. The molecule has 0 amide bonds. The Bertz CT molecular complexity index is 1150. The number of ketones is 1. The lowest BCUT2D eigenvalue weighted by atomic mass is 9.59. The Labute approximate surface area is 206 Å². The Hall–Kier alpha value is -2.54. The third-order valence-electron chi connectivity index (χ3n) is 9.34. The molecule has 6 heteroatoms. The van der Waals surface area contributed by atoms with Crippen molar-refractivity contribution < 1.29 is 29.6 Å². The van der Waals surface area contributed by atoms with Gasteiger partial charge in [0.2, 0.25) is 0 Å². The van der Waals surface area contributed by atoms with E-state index in [1.165, 1.54) is 6.08 Å². The van der Waals surface area contributed by atoms with Crippen molar-refractivity contribution in [2.75, 3.05) is 6.61 Å². The van der Waals surface area contributed by atoms with E-state index in [0.717, 1.165) is 12.0 Å². The molecule has 5 rings (SSSR count). The van der Waals surface area contributed by atoms with Crippen LogP contribution in [-0.4, -0.2) is 51.5 Å². The Morgan fingerprint density at radius 3 is 2.57 bits per heavy atom. The summed E-state index contributed by atoms with van der Waals surface area (Å²) in [6, 6.07) is 9.28. The van der Waals surface area contributed by atoms with E-state index >= 15 is 0 Å². The molecule has 35 heavy (non-hydrogen) atoms. The normalized spacial score (nSPS) is 41.3. The molecule has 6 nitrogen and oxygen atoms in total. The van der Waals surface area contributed by atoms with Gasteiger partial charge in [-0.3, -0.25) is 4.79 Å². The summed E-state index contributed by atoms with van der Waals surface area (Å²) in [5.74, 6) is -1.29. The summed E-state index contributed by atoms with van der Waals surface area (Å²) in [4.78, 5) is 27.1. The van der Waals surface area contributed by atoms with Crippen LogP contribution in [0.3, 0.4) is 0 Å². The van der Waals surface area contributed by atoms with Crippen LogP contribution >= 0.6 is 0 Å². The third-order valence-corrected chi connectivity index (χ3v) is 9.34. The summed E-state index contributed by atoms with van der Waals surface area (Å²) in [6.45, 7) is 7.47. The zero-order chi connectivity index (χ0) is 25.3. The van der Waals surface area contributed by atoms with Crippen LogP contribution in [0.1, 0.15) is 39.7 Å². The van der Waals surface area contributed by atoms with Gasteiger partial charge in [0.05, 0.1) is 12.0 Å². The van der Waals surface area contributed by atoms with Gasteiger partial charge in [0.25, 0.3) is 0 Å². The van der Waals surface area contributed by atoms with Gasteiger partial charge in [0.1, 0.15) is 6.10 Å². The molecule has 0 saturated heterocycles. The molecule has 2 bridgehead atoms. The Morgan fingerprint density at radius 2 is 1.91 bits per heavy atom. The molecule has 1 aromatic carbocycles. The number of hydrogen-bond donors (Lipinski definition) is 3. The maximum atomic E-state index is 14.3. The number of benzene rings is 1. The molecule has 0 heterocycles. The lowest BCUT2D eigenvalue weighted by molar-refractivity contribution is -0.201. The number of carbonyl (C=O) groups is 2. The summed E-state index contributed by atoms with van der Waals surface area (Å²) in [5, 5.41) is 34.0. The second-order valence-corrected chi connectivity index (χ2v) is 11.4. The topological polar surface area (TPSA) is 104 Å². The van der Waals surface area contributed by atoms with Crippen LogP contribution in [0.25, 0.3) is 6.08 Å². The van der Waals surface area contributed by atoms with Crippen LogP contribution in [0.4, 0.5) is 0 Å². The minimum Gasteiger partial charge on any atom is -0.451 e. The van der Waals surface area contributed by atoms with Crippen LogP contribution < -0.4 is 0 Å². The van der Waals surface area contributed by atoms with Crippen molar-refractivity contribution >= 4 is 17.8 Å². The van der Waals surface area contributed by atoms with Gasteiger partial charge in [0, 0.05) is 12.0 Å². The third kappa shape index (κ3) is 3.19. The van der Waals surface area contributed by atoms with E-state index in [1.807, 2.05) is 37.3 Å². The van der Waals surface area contributed by atoms with Gasteiger partial charge in [-0.2, -0.15) is 0 Å². The van der Waals surface area contributed by atoms with Crippen molar-refractivity contribution in [2.24, 2.45) is 34.5 Å². The first-order valence-electron chi connectivity index (χ1n) is 12.4. The van der Waals surface area contributed by atoms with E-state index in [1.54, 1.807) is 25.2 Å². The van der Waals surface area contributed by atoms with E-state index in [4.69, 9.17) is 4.74 Å². The van der Waals surface area contributed by atoms with Crippen molar-refractivity contribution in [1.82, 2.24) is 0 Å². The van der Waals surface area contributed by atoms with Crippen molar-refractivity contribution in [3.8, 4) is 0 Å². The maximum Gasteiger partial charge on any atom is 0.331 e. The Kier molecular flexibility index (Phi) is 5.51. The van der Waals surface area contributed by atoms with Gasteiger partial charge in [0.15, 0.2) is 17.5 Å². The lowest BCUT2D eigenvalue weighted by Crippen LogP contribution is -2.65. The predicted molar refractivity (Wildman–Crippen MR) is 131 cm³/mol. The molecule has 2 unspecified atom stereocenters. The minimum absolute atomic E-state index is 0.0356. The van der Waals surface area contributed by atoms with Crippen LogP contribution in [-0.2, 0) is 14.3 Å². The van der Waals surface area contributed by atoms with Gasteiger partial charge < -0.3 is 20.1 Å². The number of aliphatic hydroxyl groups excluding tert-OH is 2. The van der Waals surface area contributed by atoms with Crippen molar-refractivity contribution in [2.45, 2.75) is 51.9 Å². The number of carbonyl (C=O) groups excluding carboxylic acids is 2. The first-order valence-corrected chi connectivity index (χ1v) is 12.4. The molecule has 3 N–H and O–H groups in total. The number of hydrogen-bond acceptors (Lipinski definition) is 6. The molecular formula is C29H34O6. The highest BCUT2D eigenvalue weighted by molar-refractivity contribution is 5.95. The highest BCUT2D eigenvalue weighted by Gasteiger charge is 2.76. The summed E-state index contributed by atoms with van der Waals surface area (Å²) in [6.07, 6.45) is 4.23. The standard InChI is InChI=1S/C29H34O6/c1-16-14-28-17(2)12-21-23(27(21,3)4)20(25(28)33)13-19(15-30)24(32)29(28,34)26(16)35-22(31)11-10-18-8-6-5-7-9-18/h5-11,13-14,17,20-21,23-24,26,30,32,34H,12,15H2,1-4H3/b11-10+/t17-,20?,21-,23+,24-,26+,28?,29+/m1/s1. The van der Waals surface area contributed by atoms with Crippen LogP contribution in [0.5, 0.6) is 0 Å². The SMILES string of the molecule is CC1=CC23C(=O)C(C=C(CO)[C@@H](O)[C@]2(O)[C@H]1OC(=O)/C=C/c1ccccc1)[C@H]1[C@@H](C[C@H]3C)C1(C)C. The number of ether oxygens (including phenoxy) is 1. The molecule has 1 aromatic rings. The van der Waals surface area contributed by atoms with Gasteiger partial charge in [-0.15, -0.1) is 0 Å². The first kappa shape index (κ1) is 24.2. The summed E-state index contributed by atoms with van der Waals surface area (Å²) in [7, 11) is 0. The fraction of sp³-hybridized carbons (Fsp3) is 0.517. The molecule has 8 atom stereocenters. The van der Waals surface area contributed by atoms with Gasteiger partial charge in [-0.25, -0.2) is 4.79 Å². The zero-order valence-electron chi connectivity index (χ0n) is 20.6. The molecule has 186 valence electrons. The van der Waals surface area contributed by atoms with Crippen molar-refractivity contribution in [3.05, 3.63) is 65.3 Å². The van der Waals surface area contributed by atoms with E-state index in [2.05, 4.69) is 13.8 Å². The number of rotatable bonds is 4. The molecule has 0 radical (unpaired) electrons. The molecule has 4 aliphatic carbocycles. The fourth-order valence-corrected chi connectivity index (χ4v) is 7.48. The second-order valence-electron chi connectivity index (χ2n) is 11.4. The van der Waals surface area contributed by atoms with Crippen LogP contribution in [0, 0.1) is 34.5 Å². The molecule has 2 saturated carbocycles. The average Bonchev–Trinajstić information content (AvgIpc) is 3.32. The zero-order valence-corrected chi connectivity index (χ0v) is 20.6. The number of fused-ring (bicyclic) bond motifs is 3. The predicted octanol–water partition coefficient (Wildman–Crippen LogP) is 3.08. The van der Waals surface area contributed by atoms with Gasteiger partial charge in [-0.05, 0) is 59.3 Å².